The molecule has 1 rings (SSSR count). The van der Waals surface area contributed by atoms with Crippen molar-refractivity contribution < 1.29 is 8.78 Å². The zero-order valence-electron chi connectivity index (χ0n) is 9.56. The number of terminal acetylenes is 1. The second-order valence-corrected chi connectivity index (χ2v) is 4.50. The Morgan fingerprint density at radius 3 is 2.76 bits per heavy atom. The van der Waals surface area contributed by atoms with Gasteiger partial charge in [0.05, 0.1) is 4.47 Å². The number of benzene rings is 1. The topological polar surface area (TPSA) is 12.0 Å². The second kappa shape index (κ2) is 6.73. The Kier molecular flexibility index (Phi) is 5.60. The lowest BCUT2D eigenvalue weighted by Gasteiger charge is -2.18. The molecule has 0 heterocycles. The minimum Gasteiger partial charge on any atom is -0.313 e. The fourth-order valence-electron chi connectivity index (χ4n) is 1.67. The van der Waals surface area contributed by atoms with Crippen molar-refractivity contribution in [3.05, 3.63) is 33.8 Å². The largest absolute Gasteiger partial charge is 0.313 e. The summed E-state index contributed by atoms with van der Waals surface area (Å²) in [4.78, 5) is 0. The van der Waals surface area contributed by atoms with Crippen molar-refractivity contribution in [2.24, 2.45) is 0 Å². The van der Waals surface area contributed by atoms with Crippen LogP contribution in [0.15, 0.2) is 16.6 Å². The second-order valence-electron chi connectivity index (χ2n) is 3.70. The summed E-state index contributed by atoms with van der Waals surface area (Å²) in [6.45, 7) is 0. The van der Waals surface area contributed by atoms with Crippen molar-refractivity contribution in [2.75, 3.05) is 7.05 Å². The van der Waals surface area contributed by atoms with Crippen molar-refractivity contribution in [1.82, 2.24) is 5.32 Å². The summed E-state index contributed by atoms with van der Waals surface area (Å²) in [7, 11) is 1.79. The van der Waals surface area contributed by atoms with Gasteiger partial charge in [-0.15, -0.1) is 12.3 Å². The Labute approximate surface area is 109 Å². The number of hydrogen-bond donors (Lipinski definition) is 1. The lowest BCUT2D eigenvalue weighted by Crippen LogP contribution is -2.17. The highest BCUT2D eigenvalue weighted by Crippen LogP contribution is 2.30. The van der Waals surface area contributed by atoms with Gasteiger partial charge in [0.15, 0.2) is 11.6 Å². The predicted molar refractivity (Wildman–Crippen MR) is 68.5 cm³/mol. The molecule has 0 spiro atoms. The van der Waals surface area contributed by atoms with Crippen LogP contribution < -0.4 is 5.32 Å². The standard InChI is InChI=1S/C13H14BrF2N/c1-3-4-5-6-11(17-2)9-7-8-10(15)13(16)12(9)14/h1,7-8,11,17H,4-6H2,2H3. The molecule has 0 aliphatic rings. The molecule has 0 aromatic heterocycles. The first-order valence-corrected chi connectivity index (χ1v) is 6.15. The van der Waals surface area contributed by atoms with E-state index < -0.39 is 11.6 Å². The zero-order chi connectivity index (χ0) is 12.8. The maximum absolute atomic E-state index is 13.4. The third-order valence-corrected chi connectivity index (χ3v) is 3.41. The Hall–Kier alpha value is -0.920. The third-order valence-electron chi connectivity index (χ3n) is 2.60. The molecule has 4 heteroatoms. The summed E-state index contributed by atoms with van der Waals surface area (Å²) in [5.41, 5.74) is 0.712. The number of unbranched alkanes of at least 4 members (excludes halogenated alkanes) is 1. The average Bonchev–Trinajstić information content (AvgIpc) is 2.33. The van der Waals surface area contributed by atoms with Gasteiger partial charge in [-0.05, 0) is 47.4 Å². The molecule has 92 valence electrons. The summed E-state index contributed by atoms with van der Waals surface area (Å²) in [5.74, 6) is 0.865. The number of nitrogens with one attached hydrogen (secondary N) is 1. The number of halogens is 3. The molecular weight excluding hydrogens is 288 g/mol. The van der Waals surface area contributed by atoms with Crippen molar-refractivity contribution in [3.8, 4) is 12.3 Å². The van der Waals surface area contributed by atoms with E-state index in [9.17, 15) is 8.78 Å². The monoisotopic (exact) mass is 301 g/mol. The van der Waals surface area contributed by atoms with Gasteiger partial charge in [0.1, 0.15) is 0 Å². The van der Waals surface area contributed by atoms with Crippen molar-refractivity contribution in [2.45, 2.75) is 25.3 Å². The molecule has 0 aliphatic heterocycles. The van der Waals surface area contributed by atoms with Crippen LogP contribution in [0, 0.1) is 24.0 Å². The fraction of sp³-hybridized carbons (Fsp3) is 0.385. The minimum atomic E-state index is -0.848. The van der Waals surface area contributed by atoms with Crippen LogP contribution in [0.1, 0.15) is 30.9 Å². The minimum absolute atomic E-state index is 0.0344. The highest BCUT2D eigenvalue weighted by atomic mass is 79.9. The fourth-order valence-corrected chi connectivity index (χ4v) is 2.27. The van der Waals surface area contributed by atoms with E-state index in [0.29, 0.717) is 12.0 Å². The molecule has 1 N–H and O–H groups in total. The van der Waals surface area contributed by atoms with Crippen molar-refractivity contribution >= 4 is 15.9 Å². The summed E-state index contributed by atoms with van der Waals surface area (Å²) in [6, 6.07) is 2.69. The Balaban J connectivity index is 2.89. The van der Waals surface area contributed by atoms with Gasteiger partial charge in [0, 0.05) is 12.5 Å². The maximum Gasteiger partial charge on any atom is 0.173 e. The van der Waals surface area contributed by atoms with E-state index in [0.717, 1.165) is 18.9 Å². The summed E-state index contributed by atoms with van der Waals surface area (Å²) in [5, 5.41) is 3.08. The molecule has 1 nitrogen and oxygen atoms in total. The Morgan fingerprint density at radius 1 is 1.47 bits per heavy atom. The van der Waals surface area contributed by atoms with E-state index in [2.05, 4.69) is 27.2 Å². The molecule has 1 aromatic carbocycles. The summed E-state index contributed by atoms with van der Waals surface area (Å²) < 4.78 is 26.6. The van der Waals surface area contributed by atoms with Crippen LogP contribution in [0.3, 0.4) is 0 Å². The van der Waals surface area contributed by atoms with Crippen LogP contribution in [-0.4, -0.2) is 7.05 Å². The predicted octanol–water partition coefficient (Wildman–Crippen LogP) is 3.79. The molecule has 0 saturated carbocycles. The molecule has 1 aromatic rings. The maximum atomic E-state index is 13.4. The molecule has 1 atom stereocenters. The van der Waals surface area contributed by atoms with E-state index in [1.165, 1.54) is 0 Å². The Bertz CT molecular complexity index is 426. The molecule has 0 radical (unpaired) electrons. The highest BCUT2D eigenvalue weighted by Gasteiger charge is 2.17. The highest BCUT2D eigenvalue weighted by molar-refractivity contribution is 9.10. The normalized spacial score (nSPS) is 12.2. The summed E-state index contributed by atoms with van der Waals surface area (Å²) in [6.07, 6.45) is 7.48. The van der Waals surface area contributed by atoms with Crippen LogP contribution in [0.2, 0.25) is 0 Å². The van der Waals surface area contributed by atoms with Crippen LogP contribution in [-0.2, 0) is 0 Å². The van der Waals surface area contributed by atoms with Crippen molar-refractivity contribution in [1.29, 1.82) is 0 Å². The van der Waals surface area contributed by atoms with E-state index in [1.807, 2.05) is 0 Å². The first-order chi connectivity index (χ1) is 8.11. The molecular formula is C13H14BrF2N. The molecule has 17 heavy (non-hydrogen) atoms. The van der Waals surface area contributed by atoms with Crippen LogP contribution in [0.5, 0.6) is 0 Å². The van der Waals surface area contributed by atoms with Crippen LogP contribution >= 0.6 is 15.9 Å². The van der Waals surface area contributed by atoms with Crippen LogP contribution in [0.25, 0.3) is 0 Å². The molecule has 0 bridgehead atoms. The van der Waals surface area contributed by atoms with Gasteiger partial charge < -0.3 is 5.32 Å². The number of rotatable bonds is 5. The van der Waals surface area contributed by atoms with Crippen LogP contribution in [0.4, 0.5) is 8.78 Å². The van der Waals surface area contributed by atoms with E-state index >= 15 is 0 Å². The van der Waals surface area contributed by atoms with E-state index in [1.54, 1.807) is 13.1 Å². The smallest absolute Gasteiger partial charge is 0.173 e. The van der Waals surface area contributed by atoms with E-state index in [4.69, 9.17) is 6.42 Å². The van der Waals surface area contributed by atoms with Gasteiger partial charge in [-0.3, -0.25) is 0 Å². The lowest BCUT2D eigenvalue weighted by atomic mass is 10.0. The molecule has 0 aliphatic carbocycles. The molecule has 0 amide bonds. The van der Waals surface area contributed by atoms with Gasteiger partial charge >= 0.3 is 0 Å². The quantitative estimate of drug-likeness (QED) is 0.496. The zero-order valence-corrected chi connectivity index (χ0v) is 11.2. The molecule has 0 saturated heterocycles. The van der Waals surface area contributed by atoms with Crippen molar-refractivity contribution in [3.63, 3.8) is 0 Å². The van der Waals surface area contributed by atoms with E-state index in [-0.39, 0.29) is 10.5 Å². The first kappa shape index (κ1) is 14.1. The Morgan fingerprint density at radius 2 is 2.18 bits per heavy atom. The van der Waals surface area contributed by atoms with Gasteiger partial charge in [-0.25, -0.2) is 8.78 Å². The first-order valence-electron chi connectivity index (χ1n) is 5.36. The van der Waals surface area contributed by atoms with Gasteiger partial charge in [-0.2, -0.15) is 0 Å². The molecule has 1 unspecified atom stereocenters. The van der Waals surface area contributed by atoms with Gasteiger partial charge in [0.2, 0.25) is 0 Å². The lowest BCUT2D eigenvalue weighted by molar-refractivity contribution is 0.487. The third kappa shape index (κ3) is 3.52. The molecule has 0 fully saturated rings. The average molecular weight is 302 g/mol. The number of hydrogen-bond acceptors (Lipinski definition) is 1. The SMILES string of the molecule is C#CCCCC(NC)c1ccc(F)c(F)c1Br. The van der Waals surface area contributed by atoms with Gasteiger partial charge in [0.25, 0.3) is 0 Å². The van der Waals surface area contributed by atoms with Gasteiger partial charge in [-0.1, -0.05) is 6.07 Å². The summed E-state index contributed by atoms with van der Waals surface area (Å²) >= 11 is 3.09.